The molecule has 0 rings (SSSR count). The van der Waals surface area contributed by atoms with Crippen LogP contribution >= 0.6 is 0 Å². The molecule has 49 heavy (non-hydrogen) atoms. The van der Waals surface area contributed by atoms with Crippen LogP contribution in [0.4, 0.5) is 0 Å². The van der Waals surface area contributed by atoms with E-state index in [1.165, 1.54) is 88.2 Å². The lowest BCUT2D eigenvalue weighted by Gasteiger charge is -2.22. The van der Waals surface area contributed by atoms with Crippen LogP contribution in [0, 0.1) is 0 Å². The molecule has 0 aliphatic heterocycles. The fourth-order valence-electron chi connectivity index (χ4n) is 6.23. The van der Waals surface area contributed by atoms with Crippen LogP contribution in [0.15, 0.2) is 23.3 Å². The number of carbonyl (C=O) groups is 2. The van der Waals surface area contributed by atoms with E-state index in [9.17, 15) is 14.7 Å². The topological polar surface area (TPSA) is 76.1 Å². The molecule has 0 bridgehead atoms. The summed E-state index contributed by atoms with van der Waals surface area (Å²) in [6, 6.07) is 0. The Labute approximate surface area is 304 Å². The number of aliphatic hydroxyl groups excluding tert-OH is 1. The molecule has 0 fully saturated rings. The minimum absolute atomic E-state index is 0.173. The van der Waals surface area contributed by atoms with Crippen LogP contribution in [0.2, 0.25) is 0 Å². The zero-order chi connectivity index (χ0) is 36.0. The van der Waals surface area contributed by atoms with Crippen LogP contribution in [0.1, 0.15) is 201 Å². The maximum atomic E-state index is 12.5. The van der Waals surface area contributed by atoms with Crippen molar-refractivity contribution in [1.29, 1.82) is 0 Å². The van der Waals surface area contributed by atoms with Crippen LogP contribution < -0.4 is 0 Å². The highest BCUT2D eigenvalue weighted by molar-refractivity contribution is 5.83. The van der Waals surface area contributed by atoms with Gasteiger partial charge in [0.05, 0.1) is 13.2 Å². The van der Waals surface area contributed by atoms with Crippen LogP contribution in [0.5, 0.6) is 0 Å². The smallest absolute Gasteiger partial charge is 0.330 e. The van der Waals surface area contributed by atoms with E-state index in [1.807, 2.05) is 0 Å². The van der Waals surface area contributed by atoms with Crippen LogP contribution in [-0.4, -0.2) is 61.4 Å². The third-order valence-corrected chi connectivity index (χ3v) is 9.41. The zero-order valence-electron chi connectivity index (χ0n) is 33.0. The molecule has 288 valence electrons. The van der Waals surface area contributed by atoms with Crippen LogP contribution in [-0.2, 0) is 19.1 Å². The molecule has 0 saturated carbocycles. The van der Waals surface area contributed by atoms with Crippen molar-refractivity contribution in [1.82, 2.24) is 4.90 Å². The first-order chi connectivity index (χ1) is 24.0. The minimum atomic E-state index is -0.173. The Hall–Kier alpha value is -1.66. The third kappa shape index (κ3) is 33.3. The Bertz CT molecular complexity index is 746. The third-order valence-electron chi connectivity index (χ3n) is 9.41. The normalized spacial score (nSPS) is 12.2. The molecular formula is C43H81NO5. The molecule has 0 amide bonds. The van der Waals surface area contributed by atoms with Gasteiger partial charge >= 0.3 is 11.9 Å². The number of hydrogen-bond acceptors (Lipinski definition) is 6. The maximum Gasteiger partial charge on any atom is 0.330 e. The Morgan fingerprint density at radius 1 is 0.449 bits per heavy atom. The molecule has 0 aliphatic rings. The van der Waals surface area contributed by atoms with Crippen molar-refractivity contribution < 1.29 is 24.2 Å². The van der Waals surface area contributed by atoms with Gasteiger partial charge in [-0.1, -0.05) is 116 Å². The van der Waals surface area contributed by atoms with Crippen molar-refractivity contribution in [3.63, 3.8) is 0 Å². The van der Waals surface area contributed by atoms with Gasteiger partial charge in [-0.25, -0.2) is 9.59 Å². The number of nitrogens with zero attached hydrogens (tertiary/aromatic N) is 1. The number of carbonyl (C=O) groups excluding carboxylic acids is 2. The summed E-state index contributed by atoms with van der Waals surface area (Å²) >= 11 is 0. The van der Waals surface area contributed by atoms with Crippen molar-refractivity contribution in [2.75, 3.05) is 39.5 Å². The van der Waals surface area contributed by atoms with Gasteiger partial charge in [0.1, 0.15) is 0 Å². The molecule has 6 heteroatoms. The maximum absolute atomic E-state index is 12.5. The standard InChI is InChI=1S/C43H81NO5/c1-5-9-13-15-17-21-30-40(28-11-7-3)38-42(46)48-36-25-19-23-32-44(34-27-35-45)33-24-20-26-37-49-43(47)39-41(29-12-8-4)31-22-18-16-14-10-6-2/h38-39,45H,5-37H2,1-4H3/b40-38+,41-39+. The average Bonchev–Trinajstić information content (AvgIpc) is 3.10. The van der Waals surface area contributed by atoms with Crippen molar-refractivity contribution in [3.8, 4) is 0 Å². The van der Waals surface area contributed by atoms with Gasteiger partial charge in [0.25, 0.3) is 0 Å². The lowest BCUT2D eigenvalue weighted by atomic mass is 10.0. The SMILES string of the molecule is CCCCCCCC/C(=C/C(=O)OCCCCCN(CCCO)CCCCCOC(=O)/C=C(\CCCC)CCCCCCCC)CCCC. The molecule has 0 aromatic carbocycles. The van der Waals surface area contributed by atoms with Crippen LogP contribution in [0.3, 0.4) is 0 Å². The van der Waals surface area contributed by atoms with E-state index < -0.39 is 0 Å². The molecular weight excluding hydrogens is 610 g/mol. The van der Waals surface area contributed by atoms with Crippen molar-refractivity contribution in [3.05, 3.63) is 23.3 Å². The van der Waals surface area contributed by atoms with Gasteiger partial charge in [-0.15, -0.1) is 0 Å². The summed E-state index contributed by atoms with van der Waals surface area (Å²) in [5, 5.41) is 9.37. The molecule has 0 atom stereocenters. The van der Waals surface area contributed by atoms with Crippen molar-refractivity contribution in [2.24, 2.45) is 0 Å². The number of hydrogen-bond donors (Lipinski definition) is 1. The van der Waals surface area contributed by atoms with E-state index in [4.69, 9.17) is 9.47 Å². The summed E-state index contributed by atoms with van der Waals surface area (Å²) in [6.07, 6.45) is 34.1. The van der Waals surface area contributed by atoms with Gasteiger partial charge in [-0.3, -0.25) is 0 Å². The lowest BCUT2D eigenvalue weighted by molar-refractivity contribution is -0.138. The molecule has 0 saturated heterocycles. The summed E-state index contributed by atoms with van der Waals surface area (Å²) in [5.74, 6) is -0.345. The average molecular weight is 692 g/mol. The zero-order valence-corrected chi connectivity index (χ0v) is 33.0. The Morgan fingerprint density at radius 2 is 0.796 bits per heavy atom. The highest BCUT2D eigenvalue weighted by Crippen LogP contribution is 2.19. The monoisotopic (exact) mass is 692 g/mol. The number of unbranched alkanes of at least 4 members (excludes halogenated alkanes) is 16. The van der Waals surface area contributed by atoms with E-state index in [0.717, 1.165) is 116 Å². The van der Waals surface area contributed by atoms with E-state index >= 15 is 0 Å². The van der Waals surface area contributed by atoms with Gasteiger partial charge in [-0.05, 0) is 109 Å². The van der Waals surface area contributed by atoms with Gasteiger partial charge in [-0.2, -0.15) is 0 Å². The summed E-state index contributed by atoms with van der Waals surface area (Å²) < 4.78 is 11.1. The number of ether oxygens (including phenoxy) is 2. The molecule has 1 N–H and O–H groups in total. The predicted molar refractivity (Wildman–Crippen MR) is 209 cm³/mol. The van der Waals surface area contributed by atoms with Gasteiger partial charge in [0, 0.05) is 25.3 Å². The molecule has 6 nitrogen and oxygen atoms in total. The number of esters is 2. The number of rotatable bonds is 37. The first-order valence-electron chi connectivity index (χ1n) is 21.1. The molecule has 0 unspecified atom stereocenters. The molecule has 0 heterocycles. The van der Waals surface area contributed by atoms with E-state index in [-0.39, 0.29) is 18.5 Å². The Balaban J connectivity index is 4.30. The van der Waals surface area contributed by atoms with Gasteiger partial charge in [0.2, 0.25) is 0 Å². The Morgan fingerprint density at radius 3 is 1.20 bits per heavy atom. The summed E-state index contributed by atoms with van der Waals surface area (Å²) in [6.45, 7) is 13.0. The molecule has 0 aliphatic carbocycles. The molecule has 0 radical (unpaired) electrons. The second-order valence-corrected chi connectivity index (χ2v) is 14.2. The van der Waals surface area contributed by atoms with E-state index in [1.54, 1.807) is 12.2 Å². The van der Waals surface area contributed by atoms with Gasteiger partial charge < -0.3 is 19.5 Å². The Kier molecular flexibility index (Phi) is 36.3. The quantitative estimate of drug-likeness (QED) is 0.0397. The predicted octanol–water partition coefficient (Wildman–Crippen LogP) is 11.8. The molecule has 0 aromatic rings. The highest BCUT2D eigenvalue weighted by atomic mass is 16.5. The summed E-state index contributed by atoms with van der Waals surface area (Å²) in [4.78, 5) is 27.4. The van der Waals surface area contributed by atoms with Crippen molar-refractivity contribution in [2.45, 2.75) is 201 Å². The summed E-state index contributed by atoms with van der Waals surface area (Å²) in [5.41, 5.74) is 2.51. The number of allylic oxidation sites excluding steroid dienone is 2. The first-order valence-corrected chi connectivity index (χ1v) is 21.1. The molecule has 0 spiro atoms. The van der Waals surface area contributed by atoms with E-state index in [0.29, 0.717) is 13.2 Å². The minimum Gasteiger partial charge on any atom is -0.463 e. The van der Waals surface area contributed by atoms with Crippen molar-refractivity contribution >= 4 is 11.9 Å². The molecule has 0 aromatic heterocycles. The summed E-state index contributed by atoms with van der Waals surface area (Å²) in [7, 11) is 0. The second kappa shape index (κ2) is 37.6. The highest BCUT2D eigenvalue weighted by Gasteiger charge is 2.08. The second-order valence-electron chi connectivity index (χ2n) is 14.2. The van der Waals surface area contributed by atoms with E-state index in [2.05, 4.69) is 32.6 Å². The fraction of sp³-hybridized carbons (Fsp3) is 0.860. The van der Waals surface area contributed by atoms with Gasteiger partial charge in [0.15, 0.2) is 0 Å². The fourth-order valence-corrected chi connectivity index (χ4v) is 6.23. The van der Waals surface area contributed by atoms with Crippen LogP contribution in [0.25, 0.3) is 0 Å². The largest absolute Gasteiger partial charge is 0.463 e. The lowest BCUT2D eigenvalue weighted by Crippen LogP contribution is -2.28. The first kappa shape index (κ1) is 47.3. The number of aliphatic hydroxyl groups is 1.